The summed E-state index contributed by atoms with van der Waals surface area (Å²) in [4.78, 5) is 16.1. The first kappa shape index (κ1) is 12.7. The van der Waals surface area contributed by atoms with Gasteiger partial charge in [-0.2, -0.15) is 0 Å². The van der Waals surface area contributed by atoms with Crippen LogP contribution < -0.4 is 0 Å². The van der Waals surface area contributed by atoms with E-state index in [0.29, 0.717) is 6.04 Å². The number of amides is 1. The molecule has 1 spiro atoms. The van der Waals surface area contributed by atoms with Crippen molar-refractivity contribution in [2.45, 2.75) is 58.2 Å². The molecule has 4 heteroatoms. The second-order valence-corrected chi connectivity index (χ2v) is 6.60. The topological polar surface area (TPSA) is 32.8 Å². The number of carbonyl (C=O) groups excluding carboxylic acids is 1. The molecule has 0 saturated carbocycles. The Morgan fingerprint density at radius 2 is 1.88 bits per heavy atom. The van der Waals surface area contributed by atoms with Gasteiger partial charge in [-0.25, -0.2) is 4.79 Å². The molecular formula is C13H24N2O2. The minimum absolute atomic E-state index is 0.168. The van der Waals surface area contributed by atoms with Crippen molar-refractivity contribution in [1.82, 2.24) is 9.80 Å². The minimum atomic E-state index is -0.392. The van der Waals surface area contributed by atoms with Crippen LogP contribution in [0.3, 0.4) is 0 Å². The number of likely N-dealkylation sites (tertiary alicyclic amines) is 2. The van der Waals surface area contributed by atoms with Crippen LogP contribution in [-0.2, 0) is 4.74 Å². The summed E-state index contributed by atoms with van der Waals surface area (Å²) in [7, 11) is 0. The van der Waals surface area contributed by atoms with E-state index in [2.05, 4.69) is 18.7 Å². The number of carbonyl (C=O) groups is 1. The molecule has 0 atom stereocenters. The molecule has 0 aromatic heterocycles. The van der Waals surface area contributed by atoms with Crippen LogP contribution in [0.25, 0.3) is 0 Å². The first-order valence-corrected chi connectivity index (χ1v) is 6.48. The highest BCUT2D eigenvalue weighted by Crippen LogP contribution is 2.40. The molecule has 0 aromatic rings. The third kappa shape index (κ3) is 2.28. The van der Waals surface area contributed by atoms with Gasteiger partial charge in [0.25, 0.3) is 0 Å². The zero-order valence-corrected chi connectivity index (χ0v) is 11.6. The Hall–Kier alpha value is -0.770. The van der Waals surface area contributed by atoms with E-state index >= 15 is 0 Å². The largest absolute Gasteiger partial charge is 0.444 e. The summed E-state index contributed by atoms with van der Waals surface area (Å²) in [6.07, 6.45) is 1.04. The maximum Gasteiger partial charge on any atom is 0.410 e. The smallest absolute Gasteiger partial charge is 0.410 e. The van der Waals surface area contributed by atoms with E-state index in [1.165, 1.54) is 13.0 Å². The second kappa shape index (κ2) is 3.87. The van der Waals surface area contributed by atoms with Gasteiger partial charge in [0.15, 0.2) is 0 Å². The van der Waals surface area contributed by atoms with E-state index in [4.69, 9.17) is 4.74 Å². The Morgan fingerprint density at radius 1 is 1.29 bits per heavy atom. The maximum absolute atomic E-state index is 11.8. The van der Waals surface area contributed by atoms with Gasteiger partial charge in [-0.05, 0) is 41.0 Å². The second-order valence-electron chi connectivity index (χ2n) is 6.60. The van der Waals surface area contributed by atoms with Crippen molar-refractivity contribution >= 4 is 6.09 Å². The van der Waals surface area contributed by atoms with E-state index in [-0.39, 0.29) is 11.6 Å². The average Bonchev–Trinajstić information content (AvgIpc) is 1.93. The molecule has 0 bridgehead atoms. The minimum Gasteiger partial charge on any atom is -0.444 e. The lowest BCUT2D eigenvalue weighted by Gasteiger charge is -2.63. The van der Waals surface area contributed by atoms with E-state index in [0.717, 1.165) is 13.1 Å². The fourth-order valence-corrected chi connectivity index (χ4v) is 2.82. The zero-order chi connectivity index (χ0) is 12.8. The van der Waals surface area contributed by atoms with Crippen molar-refractivity contribution in [3.8, 4) is 0 Å². The van der Waals surface area contributed by atoms with Gasteiger partial charge in [-0.1, -0.05) is 0 Å². The summed E-state index contributed by atoms with van der Waals surface area (Å²) < 4.78 is 5.37. The summed E-state index contributed by atoms with van der Waals surface area (Å²) in [6.45, 7) is 13.0. The van der Waals surface area contributed by atoms with Gasteiger partial charge in [-0.3, -0.25) is 4.90 Å². The SMILES string of the molecule is CC(C)N1CCC12CN(C(=O)OC(C)(C)C)C2. The summed E-state index contributed by atoms with van der Waals surface area (Å²) in [5.74, 6) is 0. The number of hydrogen-bond donors (Lipinski definition) is 0. The molecule has 0 aromatic carbocycles. The predicted octanol–water partition coefficient (Wildman–Crippen LogP) is 2.09. The average molecular weight is 240 g/mol. The Bertz CT molecular complexity index is 314. The molecule has 1 amide bonds. The molecule has 2 heterocycles. The molecule has 2 saturated heterocycles. The van der Waals surface area contributed by atoms with Crippen LogP contribution in [0.1, 0.15) is 41.0 Å². The molecule has 0 radical (unpaired) electrons. The standard InChI is InChI=1S/C13H24N2O2/c1-10(2)15-7-6-13(15)8-14(9-13)11(16)17-12(3,4)5/h10H,6-9H2,1-5H3. The van der Waals surface area contributed by atoms with E-state index in [9.17, 15) is 4.79 Å². The highest BCUT2D eigenvalue weighted by atomic mass is 16.6. The Morgan fingerprint density at radius 3 is 2.24 bits per heavy atom. The fraction of sp³-hybridized carbons (Fsp3) is 0.923. The van der Waals surface area contributed by atoms with E-state index in [1.54, 1.807) is 0 Å². The molecular weight excluding hydrogens is 216 g/mol. The lowest BCUT2D eigenvalue weighted by molar-refractivity contribution is -0.133. The third-order valence-electron chi connectivity index (χ3n) is 3.67. The van der Waals surface area contributed by atoms with Crippen molar-refractivity contribution in [3.63, 3.8) is 0 Å². The van der Waals surface area contributed by atoms with Crippen molar-refractivity contribution in [1.29, 1.82) is 0 Å². The highest BCUT2D eigenvalue weighted by molar-refractivity contribution is 5.70. The quantitative estimate of drug-likeness (QED) is 0.703. The fourth-order valence-electron chi connectivity index (χ4n) is 2.82. The normalized spacial score (nSPS) is 23.5. The third-order valence-corrected chi connectivity index (χ3v) is 3.67. The Labute approximate surface area is 104 Å². The van der Waals surface area contributed by atoms with Gasteiger partial charge in [0.1, 0.15) is 5.60 Å². The van der Waals surface area contributed by atoms with E-state index < -0.39 is 5.60 Å². The molecule has 98 valence electrons. The number of hydrogen-bond acceptors (Lipinski definition) is 3. The Balaban J connectivity index is 1.85. The molecule has 0 aliphatic carbocycles. The predicted molar refractivity (Wildman–Crippen MR) is 67.0 cm³/mol. The van der Waals surface area contributed by atoms with Crippen molar-refractivity contribution < 1.29 is 9.53 Å². The van der Waals surface area contributed by atoms with Crippen LogP contribution in [0.2, 0.25) is 0 Å². The molecule has 2 rings (SSSR count). The highest BCUT2D eigenvalue weighted by Gasteiger charge is 2.55. The van der Waals surface area contributed by atoms with Crippen LogP contribution in [0, 0.1) is 0 Å². The molecule has 0 unspecified atom stereocenters. The van der Waals surface area contributed by atoms with Gasteiger partial charge in [0.05, 0.1) is 5.54 Å². The summed E-state index contributed by atoms with van der Waals surface area (Å²) >= 11 is 0. The molecule has 0 N–H and O–H groups in total. The maximum atomic E-state index is 11.8. The van der Waals surface area contributed by atoms with Crippen molar-refractivity contribution in [2.24, 2.45) is 0 Å². The lowest BCUT2D eigenvalue weighted by Crippen LogP contribution is -2.78. The monoisotopic (exact) mass is 240 g/mol. The molecule has 4 nitrogen and oxygen atoms in total. The van der Waals surface area contributed by atoms with Gasteiger partial charge in [0, 0.05) is 25.7 Å². The molecule has 2 fully saturated rings. The van der Waals surface area contributed by atoms with Gasteiger partial charge < -0.3 is 9.64 Å². The van der Waals surface area contributed by atoms with Gasteiger partial charge in [0.2, 0.25) is 0 Å². The van der Waals surface area contributed by atoms with Gasteiger partial charge >= 0.3 is 6.09 Å². The number of ether oxygens (including phenoxy) is 1. The van der Waals surface area contributed by atoms with Crippen LogP contribution in [0.15, 0.2) is 0 Å². The van der Waals surface area contributed by atoms with Crippen LogP contribution in [-0.4, -0.2) is 52.7 Å². The lowest BCUT2D eigenvalue weighted by atomic mass is 9.76. The molecule has 2 aliphatic rings. The van der Waals surface area contributed by atoms with Crippen LogP contribution >= 0.6 is 0 Å². The van der Waals surface area contributed by atoms with Crippen molar-refractivity contribution in [2.75, 3.05) is 19.6 Å². The number of nitrogens with zero attached hydrogens (tertiary/aromatic N) is 2. The van der Waals surface area contributed by atoms with Crippen LogP contribution in [0.4, 0.5) is 4.79 Å². The number of rotatable bonds is 1. The summed E-state index contributed by atoms with van der Waals surface area (Å²) in [6, 6.07) is 0.574. The summed E-state index contributed by atoms with van der Waals surface area (Å²) in [5.41, 5.74) is -0.123. The van der Waals surface area contributed by atoms with Gasteiger partial charge in [-0.15, -0.1) is 0 Å². The van der Waals surface area contributed by atoms with Crippen LogP contribution in [0.5, 0.6) is 0 Å². The first-order chi connectivity index (χ1) is 7.73. The zero-order valence-electron chi connectivity index (χ0n) is 11.6. The molecule has 17 heavy (non-hydrogen) atoms. The molecule has 2 aliphatic heterocycles. The Kier molecular flexibility index (Phi) is 2.89. The van der Waals surface area contributed by atoms with Crippen molar-refractivity contribution in [3.05, 3.63) is 0 Å². The summed E-state index contributed by atoms with van der Waals surface area (Å²) in [5, 5.41) is 0. The van der Waals surface area contributed by atoms with E-state index in [1.807, 2.05) is 25.7 Å². The first-order valence-electron chi connectivity index (χ1n) is 6.48.